The third-order valence-electron chi connectivity index (χ3n) is 5.14. The summed E-state index contributed by atoms with van der Waals surface area (Å²) in [4.78, 5) is 2.64. The maximum atomic E-state index is 3.68. The van der Waals surface area contributed by atoms with Crippen molar-refractivity contribution < 1.29 is 0 Å². The molecule has 21 heavy (non-hydrogen) atoms. The van der Waals surface area contributed by atoms with Gasteiger partial charge in [0.2, 0.25) is 0 Å². The van der Waals surface area contributed by atoms with Crippen LogP contribution in [0.1, 0.15) is 62.6 Å². The largest absolute Gasteiger partial charge is 0.352 e. The predicted molar refractivity (Wildman–Crippen MR) is 88.7 cm³/mol. The van der Waals surface area contributed by atoms with E-state index >= 15 is 0 Å². The quantitative estimate of drug-likeness (QED) is 0.839. The Kier molecular flexibility index (Phi) is 5.37. The van der Waals surface area contributed by atoms with E-state index in [-0.39, 0.29) is 0 Å². The van der Waals surface area contributed by atoms with Crippen LogP contribution in [-0.4, -0.2) is 35.6 Å². The van der Waals surface area contributed by atoms with Crippen molar-refractivity contribution in [1.29, 1.82) is 0 Å². The zero-order valence-electron chi connectivity index (χ0n) is 13.6. The fraction of sp³-hybridized carbons (Fsp3) is 0.778. The molecule has 118 valence electrons. The van der Waals surface area contributed by atoms with E-state index in [1.165, 1.54) is 64.6 Å². The summed E-state index contributed by atoms with van der Waals surface area (Å²) in [6.07, 6.45) is 14.4. The lowest BCUT2D eigenvalue weighted by molar-refractivity contribution is 0.221. The average Bonchev–Trinajstić information content (AvgIpc) is 2.84. The Balaban J connectivity index is 1.63. The van der Waals surface area contributed by atoms with Crippen LogP contribution >= 0.6 is 0 Å². The molecule has 0 aromatic carbocycles. The maximum absolute atomic E-state index is 3.68. The number of aryl methyl sites for hydroxylation is 1. The first-order chi connectivity index (χ1) is 10.4. The van der Waals surface area contributed by atoms with Gasteiger partial charge in [0.25, 0.3) is 0 Å². The predicted octanol–water partition coefficient (Wildman–Crippen LogP) is 3.35. The Bertz CT molecular complexity index is 432. The molecule has 0 radical (unpaired) electrons. The highest BCUT2D eigenvalue weighted by molar-refractivity contribution is 5.29. The summed E-state index contributed by atoms with van der Waals surface area (Å²) in [5.74, 6) is 0. The molecule has 1 aromatic rings. The highest BCUT2D eigenvalue weighted by atomic mass is 15.1. The lowest BCUT2D eigenvalue weighted by Gasteiger charge is -2.26. The van der Waals surface area contributed by atoms with E-state index in [0.29, 0.717) is 6.04 Å². The van der Waals surface area contributed by atoms with Crippen molar-refractivity contribution in [3.63, 3.8) is 0 Å². The number of nitrogens with one attached hydrogen (secondary N) is 1. The van der Waals surface area contributed by atoms with Crippen molar-refractivity contribution in [1.82, 2.24) is 14.8 Å². The van der Waals surface area contributed by atoms with Gasteiger partial charge in [0.05, 0.1) is 0 Å². The minimum atomic E-state index is 0.587. The topological polar surface area (TPSA) is 20.2 Å². The SMILES string of the molecule is CCNC1CCCCc2cn(CCN3CCCCC3)cc21. The summed E-state index contributed by atoms with van der Waals surface area (Å²) in [6, 6.07) is 0.587. The summed E-state index contributed by atoms with van der Waals surface area (Å²) in [6.45, 7) is 8.29. The number of piperidine rings is 1. The molecule has 0 saturated carbocycles. The third kappa shape index (κ3) is 3.89. The number of fused-ring (bicyclic) bond motifs is 1. The third-order valence-corrected chi connectivity index (χ3v) is 5.14. The van der Waals surface area contributed by atoms with Crippen LogP contribution in [0.3, 0.4) is 0 Å². The van der Waals surface area contributed by atoms with Gasteiger partial charge in [-0.1, -0.05) is 19.8 Å². The second-order valence-electron chi connectivity index (χ2n) is 6.73. The van der Waals surface area contributed by atoms with Crippen molar-refractivity contribution in [2.24, 2.45) is 0 Å². The molecular formula is C18H31N3. The van der Waals surface area contributed by atoms with E-state index < -0.39 is 0 Å². The minimum Gasteiger partial charge on any atom is -0.352 e. The number of hydrogen-bond acceptors (Lipinski definition) is 2. The number of nitrogens with zero attached hydrogens (tertiary/aromatic N) is 2. The van der Waals surface area contributed by atoms with Crippen LogP contribution in [-0.2, 0) is 13.0 Å². The van der Waals surface area contributed by atoms with Crippen LogP contribution in [0.25, 0.3) is 0 Å². The fourth-order valence-electron chi connectivity index (χ4n) is 3.94. The van der Waals surface area contributed by atoms with Gasteiger partial charge in [0.1, 0.15) is 0 Å². The van der Waals surface area contributed by atoms with Crippen LogP contribution in [0.2, 0.25) is 0 Å². The molecule has 1 unspecified atom stereocenters. The van der Waals surface area contributed by atoms with E-state index in [1.807, 2.05) is 0 Å². The van der Waals surface area contributed by atoms with Crippen molar-refractivity contribution in [2.45, 2.75) is 64.5 Å². The van der Waals surface area contributed by atoms with Gasteiger partial charge in [-0.05, 0) is 62.9 Å². The van der Waals surface area contributed by atoms with Crippen LogP contribution in [0.4, 0.5) is 0 Å². The van der Waals surface area contributed by atoms with E-state index in [2.05, 4.69) is 34.1 Å². The van der Waals surface area contributed by atoms with Crippen molar-refractivity contribution >= 4 is 0 Å². The summed E-state index contributed by atoms with van der Waals surface area (Å²) in [5.41, 5.74) is 3.17. The minimum absolute atomic E-state index is 0.587. The second kappa shape index (κ2) is 7.46. The van der Waals surface area contributed by atoms with Crippen LogP contribution in [0, 0.1) is 0 Å². The molecular weight excluding hydrogens is 258 g/mol. The Morgan fingerprint density at radius 3 is 2.71 bits per heavy atom. The molecule has 1 N–H and O–H groups in total. The second-order valence-corrected chi connectivity index (χ2v) is 6.73. The molecule has 1 aliphatic carbocycles. The Morgan fingerprint density at radius 2 is 1.90 bits per heavy atom. The van der Waals surface area contributed by atoms with E-state index in [4.69, 9.17) is 0 Å². The van der Waals surface area contributed by atoms with Crippen molar-refractivity contribution in [3.05, 3.63) is 23.5 Å². The van der Waals surface area contributed by atoms with Gasteiger partial charge >= 0.3 is 0 Å². The fourth-order valence-corrected chi connectivity index (χ4v) is 3.94. The molecule has 1 saturated heterocycles. The van der Waals surface area contributed by atoms with Gasteiger partial charge in [-0.25, -0.2) is 0 Å². The molecule has 1 atom stereocenters. The number of hydrogen-bond donors (Lipinski definition) is 1. The highest BCUT2D eigenvalue weighted by Crippen LogP contribution is 2.29. The van der Waals surface area contributed by atoms with E-state index in [9.17, 15) is 0 Å². The summed E-state index contributed by atoms with van der Waals surface area (Å²) >= 11 is 0. The summed E-state index contributed by atoms with van der Waals surface area (Å²) < 4.78 is 2.45. The van der Waals surface area contributed by atoms with Crippen LogP contribution in [0.15, 0.2) is 12.4 Å². The van der Waals surface area contributed by atoms with Gasteiger partial charge in [-0.15, -0.1) is 0 Å². The highest BCUT2D eigenvalue weighted by Gasteiger charge is 2.20. The zero-order valence-corrected chi connectivity index (χ0v) is 13.6. The molecule has 3 heteroatoms. The van der Waals surface area contributed by atoms with Gasteiger partial charge in [0, 0.05) is 31.5 Å². The molecule has 0 spiro atoms. The first-order valence-corrected chi connectivity index (χ1v) is 9.01. The van der Waals surface area contributed by atoms with Gasteiger partial charge in [0.15, 0.2) is 0 Å². The zero-order chi connectivity index (χ0) is 14.5. The molecule has 0 bridgehead atoms. The van der Waals surface area contributed by atoms with Crippen molar-refractivity contribution in [2.75, 3.05) is 26.2 Å². The summed E-state index contributed by atoms with van der Waals surface area (Å²) in [7, 11) is 0. The van der Waals surface area contributed by atoms with Gasteiger partial charge in [-0.3, -0.25) is 0 Å². The molecule has 1 fully saturated rings. The number of likely N-dealkylation sites (tertiary alicyclic amines) is 1. The molecule has 2 heterocycles. The standard InChI is InChI=1S/C18H31N3/c1-2-19-18-9-5-4-8-16-14-21(15-17(16)18)13-12-20-10-6-3-7-11-20/h14-15,18-19H,2-13H2,1H3. The first-order valence-electron chi connectivity index (χ1n) is 9.01. The Morgan fingerprint density at radius 1 is 1.05 bits per heavy atom. The Hall–Kier alpha value is -0.800. The lowest BCUT2D eigenvalue weighted by Crippen LogP contribution is -2.32. The van der Waals surface area contributed by atoms with E-state index in [1.54, 1.807) is 11.1 Å². The van der Waals surface area contributed by atoms with Gasteiger partial charge < -0.3 is 14.8 Å². The van der Waals surface area contributed by atoms with Crippen LogP contribution < -0.4 is 5.32 Å². The number of aromatic nitrogens is 1. The Labute approximate surface area is 129 Å². The molecule has 1 aliphatic heterocycles. The molecule has 3 rings (SSSR count). The number of rotatable bonds is 5. The lowest BCUT2D eigenvalue weighted by atomic mass is 10.0. The smallest absolute Gasteiger partial charge is 0.0347 e. The normalized spacial score (nSPS) is 23.8. The van der Waals surface area contributed by atoms with Crippen LogP contribution in [0.5, 0.6) is 0 Å². The molecule has 2 aliphatic rings. The summed E-state index contributed by atoms with van der Waals surface area (Å²) in [5, 5.41) is 3.68. The molecule has 0 amide bonds. The monoisotopic (exact) mass is 289 g/mol. The molecule has 1 aromatic heterocycles. The van der Waals surface area contributed by atoms with Gasteiger partial charge in [-0.2, -0.15) is 0 Å². The average molecular weight is 289 g/mol. The van der Waals surface area contributed by atoms with E-state index in [0.717, 1.165) is 13.1 Å². The maximum Gasteiger partial charge on any atom is 0.0347 e. The first kappa shape index (κ1) is 15.1. The molecule has 3 nitrogen and oxygen atoms in total. The van der Waals surface area contributed by atoms with Crippen molar-refractivity contribution in [3.8, 4) is 0 Å².